The summed E-state index contributed by atoms with van der Waals surface area (Å²) in [5, 5.41) is 4.13. The number of phenols is 1. The van der Waals surface area contributed by atoms with Crippen LogP contribution in [0.2, 0.25) is 0 Å². The van der Waals surface area contributed by atoms with Crippen LogP contribution in [-0.2, 0) is 6.42 Å². The first kappa shape index (κ1) is 3.61. The molecule has 0 atom stereocenters. The van der Waals surface area contributed by atoms with E-state index in [1.54, 1.807) is 0 Å². The number of unbranched alkanes of at least 4 members (excludes halogenated alkanes) is 1. The molecule has 0 heterocycles. The second-order valence-electron chi connectivity index (χ2n) is 2.41. The molecular formula is C10H14O. The van der Waals surface area contributed by atoms with Gasteiger partial charge in [-0.25, -0.2) is 0 Å². The molecule has 0 amide bonds. The smallest absolute Gasteiger partial charge is 0.293 e. The Labute approximate surface area is 74.8 Å². The Hall–Kier alpha value is -0.980. The molecule has 1 nitrogen and oxygen atoms in total. The monoisotopic (exact) mass is 155 g/mol. The van der Waals surface area contributed by atoms with E-state index in [0.29, 0.717) is 12.0 Å². The summed E-state index contributed by atoms with van der Waals surface area (Å²) in [5.74, 6) is -0.310. The van der Waals surface area contributed by atoms with Crippen molar-refractivity contribution in [2.45, 2.75) is 26.2 Å². The standard InChI is InChI=1S/C10H14O/c1-2-3-4-9-5-7-10(11)8-6-9/h5-8,11H,2-4H2,1H3/i5D,6D,7D,8D/hD. The Morgan fingerprint density at radius 3 is 2.73 bits per heavy atom. The molecule has 0 saturated heterocycles. The molecule has 0 bridgehead atoms. The van der Waals surface area contributed by atoms with Gasteiger partial charge in [0.25, 0.3) is 1.43 Å². The number of hydrogen-bond donors (Lipinski definition) is 1. The highest BCUT2D eigenvalue weighted by atomic mass is 16.3. The van der Waals surface area contributed by atoms with Crippen LogP contribution in [0.5, 0.6) is 5.75 Å². The van der Waals surface area contributed by atoms with E-state index in [9.17, 15) is 0 Å². The van der Waals surface area contributed by atoms with Crippen LogP contribution in [0.4, 0.5) is 0 Å². The summed E-state index contributed by atoms with van der Waals surface area (Å²) in [6.07, 6.45) is 2.26. The maximum absolute atomic E-state index is 7.70. The summed E-state index contributed by atoms with van der Waals surface area (Å²) in [7, 11) is 0. The van der Waals surface area contributed by atoms with E-state index >= 15 is 0 Å². The molecule has 1 N–H and O–H groups in total. The first-order valence-electron chi connectivity index (χ1n) is 6.17. The van der Waals surface area contributed by atoms with Crippen molar-refractivity contribution in [1.29, 1.82) is 1.43 Å². The van der Waals surface area contributed by atoms with Crippen molar-refractivity contribution < 1.29 is 10.6 Å². The van der Waals surface area contributed by atoms with Gasteiger partial charge in [-0.15, -0.1) is 0 Å². The van der Waals surface area contributed by atoms with Gasteiger partial charge in [-0.2, -0.15) is 0 Å². The van der Waals surface area contributed by atoms with E-state index in [0.717, 1.165) is 12.8 Å². The second kappa shape index (κ2) is 4.02. The highest BCUT2D eigenvalue weighted by molar-refractivity contribution is 5.25. The van der Waals surface area contributed by atoms with Crippen LogP contribution in [0.25, 0.3) is 0 Å². The minimum absolute atomic E-state index is 0.100. The van der Waals surface area contributed by atoms with Gasteiger partial charge in [0.1, 0.15) is 5.75 Å². The van der Waals surface area contributed by atoms with Crippen molar-refractivity contribution in [3.63, 3.8) is 0 Å². The van der Waals surface area contributed by atoms with Gasteiger partial charge >= 0.3 is 0 Å². The molecule has 1 aromatic rings. The van der Waals surface area contributed by atoms with Gasteiger partial charge in [-0.3, -0.25) is 0 Å². The van der Waals surface area contributed by atoms with Gasteiger partial charge in [0.2, 0.25) is 0 Å². The fourth-order valence-electron chi connectivity index (χ4n) is 0.805. The van der Waals surface area contributed by atoms with Gasteiger partial charge in [0.15, 0.2) is 0 Å². The number of hydrogen-bond acceptors (Lipinski definition) is 1. The van der Waals surface area contributed by atoms with E-state index in [2.05, 4.69) is 5.11 Å². The lowest BCUT2D eigenvalue weighted by atomic mass is 10.1. The quantitative estimate of drug-likeness (QED) is 0.708. The predicted molar refractivity (Wildman–Crippen MR) is 46.7 cm³/mol. The molecule has 0 unspecified atom stereocenters. The van der Waals surface area contributed by atoms with Crippen LogP contribution < -0.4 is 0 Å². The molecule has 1 rings (SSSR count). The molecule has 60 valence electrons. The van der Waals surface area contributed by atoms with Crippen molar-refractivity contribution in [1.82, 2.24) is 0 Å². The normalized spacial score (nSPS) is 15.9. The molecule has 0 spiro atoms. The van der Waals surface area contributed by atoms with Crippen LogP contribution in [0.15, 0.2) is 24.2 Å². The Kier molecular flexibility index (Phi) is 1.32. The zero-order valence-corrected chi connectivity index (χ0v) is 6.53. The average molecular weight is 155 g/mol. The van der Waals surface area contributed by atoms with Gasteiger partial charge in [0, 0.05) is 0 Å². The van der Waals surface area contributed by atoms with Crippen LogP contribution in [0.3, 0.4) is 0 Å². The van der Waals surface area contributed by atoms with Crippen LogP contribution in [0.1, 0.15) is 30.8 Å². The van der Waals surface area contributed by atoms with Crippen LogP contribution in [-0.4, -0.2) is 6.54 Å². The third kappa shape index (κ3) is 2.62. The highest BCUT2D eigenvalue weighted by Gasteiger charge is 1.91. The topological polar surface area (TPSA) is 20.2 Å². The number of aromatic hydroxyl groups is 1. The maximum atomic E-state index is 7.70. The summed E-state index contributed by atoms with van der Waals surface area (Å²) in [4.78, 5) is 0. The van der Waals surface area contributed by atoms with Gasteiger partial charge in [0.05, 0.1) is 5.48 Å². The van der Waals surface area contributed by atoms with E-state index < -0.39 is 0 Å². The van der Waals surface area contributed by atoms with Crippen molar-refractivity contribution in [3.05, 3.63) is 29.7 Å². The molecule has 1 heteroatoms. The Morgan fingerprint density at radius 1 is 1.45 bits per heavy atom. The molecule has 11 heavy (non-hydrogen) atoms. The fourth-order valence-corrected chi connectivity index (χ4v) is 0.805. The zero-order valence-electron chi connectivity index (χ0n) is 11.5. The fraction of sp³-hybridized carbons (Fsp3) is 0.400. The molecule has 0 radical (unpaired) electrons. The van der Waals surface area contributed by atoms with Crippen molar-refractivity contribution in [2.75, 3.05) is 0 Å². The number of benzene rings is 1. The third-order valence-electron chi connectivity index (χ3n) is 1.43. The summed E-state index contributed by atoms with van der Waals surface area (Å²) < 4.78 is 37.3. The van der Waals surface area contributed by atoms with Crippen LogP contribution in [0, 0.1) is 0 Å². The van der Waals surface area contributed by atoms with E-state index in [4.69, 9.17) is 6.91 Å². The Bertz CT molecular complexity index is 362. The minimum Gasteiger partial charge on any atom is -0.508 e. The van der Waals surface area contributed by atoms with E-state index in [-0.39, 0.29) is 29.9 Å². The summed E-state index contributed by atoms with van der Waals surface area (Å²) in [6.45, 7) is 2.00. The Balaban J connectivity index is 3.29. The number of rotatable bonds is 4. The molecule has 0 aliphatic rings. The van der Waals surface area contributed by atoms with Crippen LogP contribution >= 0.6 is 0 Å². The highest BCUT2D eigenvalue weighted by Crippen LogP contribution is 2.11. The van der Waals surface area contributed by atoms with Gasteiger partial charge < -0.3 is 5.11 Å². The Morgan fingerprint density at radius 2 is 2.18 bits per heavy atom. The van der Waals surface area contributed by atoms with Gasteiger partial charge in [-0.1, -0.05) is 25.4 Å². The summed E-state index contributed by atoms with van der Waals surface area (Å²) in [6, 6.07) is -0.752. The maximum Gasteiger partial charge on any atom is 0.293 e. The SMILES string of the molecule is [2H]Oc1c([2H])c([2H])c(CCCC)c([2H])c1[2H]. The minimum atomic E-state index is -0.310. The molecule has 0 aliphatic heterocycles. The zero-order chi connectivity index (χ0) is 12.3. The molecule has 0 fully saturated rings. The first-order chi connectivity index (χ1) is 7.54. The third-order valence-corrected chi connectivity index (χ3v) is 1.43. The lowest BCUT2D eigenvalue weighted by Crippen LogP contribution is -1.82. The largest absolute Gasteiger partial charge is 0.508 e. The van der Waals surface area contributed by atoms with E-state index in [1.807, 2.05) is 6.92 Å². The molecular weight excluding hydrogens is 136 g/mol. The average Bonchev–Trinajstić information content (AvgIpc) is 2.27. The second-order valence-corrected chi connectivity index (χ2v) is 2.41. The number of phenolic OH excluding ortho intramolecular Hbond substituents is 1. The lowest BCUT2D eigenvalue weighted by Gasteiger charge is -1.98. The summed E-state index contributed by atoms with van der Waals surface area (Å²) in [5.41, 5.74) is 0.401. The lowest BCUT2D eigenvalue weighted by molar-refractivity contribution is 0.475. The first-order valence-corrected chi connectivity index (χ1v) is 3.76. The molecule has 0 aromatic heterocycles. The molecule has 0 aliphatic carbocycles. The molecule has 0 saturated carbocycles. The van der Waals surface area contributed by atoms with Crippen molar-refractivity contribution in [3.8, 4) is 5.75 Å². The van der Waals surface area contributed by atoms with Crippen molar-refractivity contribution in [2.24, 2.45) is 0 Å². The van der Waals surface area contributed by atoms with Crippen molar-refractivity contribution >= 4 is 0 Å². The molecule has 1 aromatic carbocycles. The van der Waals surface area contributed by atoms with E-state index in [1.165, 1.54) is 0 Å². The summed E-state index contributed by atoms with van der Waals surface area (Å²) >= 11 is 0. The predicted octanol–water partition coefficient (Wildman–Crippen LogP) is 2.73. The van der Waals surface area contributed by atoms with Gasteiger partial charge in [-0.05, 0) is 30.5 Å².